The second-order valence-corrected chi connectivity index (χ2v) is 9.07. The summed E-state index contributed by atoms with van der Waals surface area (Å²) in [6.45, 7) is 12.3. The molecule has 30 heavy (non-hydrogen) atoms. The standard InChI is InChI=1S/C22H37N7S/c1-4-10-23-22(24-11-14-29-17-26-27-21(29)5-2)25-16-19(20-7-6-15-30-20)28-12-8-18(3)9-13-28/h6-7,15,17-19H,4-5,8-14,16H2,1-3H3,(H2,23,24,25). The van der Waals surface area contributed by atoms with Gasteiger partial charge in [-0.25, -0.2) is 0 Å². The number of thiophene rings is 1. The number of aromatic nitrogens is 3. The van der Waals surface area contributed by atoms with Crippen molar-refractivity contribution in [2.24, 2.45) is 10.9 Å². The number of aryl methyl sites for hydroxylation is 1. The second kappa shape index (κ2) is 12.1. The van der Waals surface area contributed by atoms with E-state index in [4.69, 9.17) is 4.99 Å². The van der Waals surface area contributed by atoms with Crippen LogP contribution in [0.15, 0.2) is 28.8 Å². The molecule has 0 amide bonds. The first-order chi connectivity index (χ1) is 14.7. The Morgan fingerprint density at radius 3 is 2.77 bits per heavy atom. The van der Waals surface area contributed by atoms with Gasteiger partial charge in [0.15, 0.2) is 5.96 Å². The summed E-state index contributed by atoms with van der Waals surface area (Å²) in [6, 6.07) is 4.78. The smallest absolute Gasteiger partial charge is 0.191 e. The number of rotatable bonds is 10. The van der Waals surface area contributed by atoms with E-state index >= 15 is 0 Å². The largest absolute Gasteiger partial charge is 0.356 e. The topological polar surface area (TPSA) is 70.4 Å². The maximum atomic E-state index is 4.99. The van der Waals surface area contributed by atoms with Crippen LogP contribution in [0, 0.1) is 5.92 Å². The summed E-state index contributed by atoms with van der Waals surface area (Å²) >= 11 is 1.85. The Morgan fingerprint density at radius 2 is 2.07 bits per heavy atom. The molecule has 1 saturated heterocycles. The van der Waals surface area contributed by atoms with E-state index in [1.165, 1.54) is 17.7 Å². The van der Waals surface area contributed by atoms with Gasteiger partial charge in [-0.3, -0.25) is 9.89 Å². The summed E-state index contributed by atoms with van der Waals surface area (Å²) < 4.78 is 2.10. The van der Waals surface area contributed by atoms with Crippen molar-refractivity contribution in [1.29, 1.82) is 0 Å². The molecule has 1 unspecified atom stereocenters. The summed E-state index contributed by atoms with van der Waals surface area (Å²) in [5, 5.41) is 17.3. The Kier molecular flexibility index (Phi) is 9.14. The molecule has 2 aromatic rings. The molecule has 1 aliphatic heterocycles. The molecule has 0 radical (unpaired) electrons. The van der Waals surface area contributed by atoms with Crippen LogP contribution in [-0.4, -0.2) is 58.3 Å². The van der Waals surface area contributed by atoms with Crippen LogP contribution in [0.4, 0.5) is 0 Å². The summed E-state index contributed by atoms with van der Waals surface area (Å²) in [6.07, 6.45) is 6.34. The molecule has 0 bridgehead atoms. The molecule has 3 rings (SSSR count). The average Bonchev–Trinajstić information content (AvgIpc) is 3.45. The van der Waals surface area contributed by atoms with Crippen LogP contribution in [-0.2, 0) is 13.0 Å². The van der Waals surface area contributed by atoms with Gasteiger partial charge in [0.1, 0.15) is 12.2 Å². The number of hydrogen-bond acceptors (Lipinski definition) is 5. The fourth-order valence-electron chi connectivity index (χ4n) is 3.84. The molecule has 8 heteroatoms. The average molecular weight is 432 g/mol. The molecule has 0 spiro atoms. The van der Waals surface area contributed by atoms with Gasteiger partial charge in [-0.2, -0.15) is 0 Å². The molecule has 7 nitrogen and oxygen atoms in total. The van der Waals surface area contributed by atoms with Crippen molar-refractivity contribution < 1.29 is 0 Å². The molecule has 2 N–H and O–H groups in total. The van der Waals surface area contributed by atoms with Gasteiger partial charge in [0.05, 0.1) is 12.6 Å². The molecule has 0 aromatic carbocycles. The molecule has 0 aliphatic carbocycles. The van der Waals surface area contributed by atoms with Gasteiger partial charge in [0.2, 0.25) is 0 Å². The van der Waals surface area contributed by atoms with Crippen LogP contribution in [0.3, 0.4) is 0 Å². The van der Waals surface area contributed by atoms with Gasteiger partial charge >= 0.3 is 0 Å². The minimum absolute atomic E-state index is 0.363. The number of hydrogen-bond donors (Lipinski definition) is 2. The maximum Gasteiger partial charge on any atom is 0.191 e. The number of nitrogens with zero attached hydrogens (tertiary/aromatic N) is 5. The van der Waals surface area contributed by atoms with Gasteiger partial charge in [-0.15, -0.1) is 21.5 Å². The first kappa shape index (κ1) is 22.7. The third-order valence-corrected chi connectivity index (χ3v) is 6.73. The first-order valence-corrected chi connectivity index (χ1v) is 12.3. The molecule has 3 heterocycles. The van der Waals surface area contributed by atoms with Crippen molar-refractivity contribution in [2.45, 2.75) is 59.0 Å². The fourth-order valence-corrected chi connectivity index (χ4v) is 4.69. The first-order valence-electron chi connectivity index (χ1n) is 11.4. The Morgan fingerprint density at radius 1 is 1.27 bits per heavy atom. The lowest BCUT2D eigenvalue weighted by atomic mass is 9.97. The fraction of sp³-hybridized carbons (Fsp3) is 0.682. The quantitative estimate of drug-likeness (QED) is 0.446. The van der Waals surface area contributed by atoms with Gasteiger partial charge in [0.25, 0.3) is 0 Å². The molecular formula is C22H37N7S. The van der Waals surface area contributed by atoms with Crippen LogP contribution in [0.1, 0.15) is 56.8 Å². The normalized spacial score (nSPS) is 17.2. The lowest BCUT2D eigenvalue weighted by Crippen LogP contribution is -2.41. The number of nitrogens with one attached hydrogen (secondary N) is 2. The second-order valence-electron chi connectivity index (χ2n) is 8.09. The molecule has 1 aliphatic rings. The molecule has 1 fully saturated rings. The number of piperidine rings is 1. The van der Waals surface area contributed by atoms with Gasteiger partial charge in [0, 0.05) is 30.9 Å². The molecular weight excluding hydrogens is 394 g/mol. The highest BCUT2D eigenvalue weighted by molar-refractivity contribution is 7.10. The van der Waals surface area contributed by atoms with E-state index in [9.17, 15) is 0 Å². The van der Waals surface area contributed by atoms with E-state index in [1.54, 1.807) is 6.33 Å². The highest BCUT2D eigenvalue weighted by atomic mass is 32.1. The predicted octanol–water partition coefficient (Wildman–Crippen LogP) is 3.32. The van der Waals surface area contributed by atoms with Crippen LogP contribution >= 0.6 is 11.3 Å². The van der Waals surface area contributed by atoms with Crippen molar-refractivity contribution in [3.05, 3.63) is 34.5 Å². The van der Waals surface area contributed by atoms with Crippen molar-refractivity contribution in [1.82, 2.24) is 30.3 Å². The van der Waals surface area contributed by atoms with Crippen LogP contribution in [0.5, 0.6) is 0 Å². The highest BCUT2D eigenvalue weighted by Gasteiger charge is 2.25. The zero-order valence-electron chi connectivity index (χ0n) is 18.7. The Hall–Kier alpha value is -1.93. The van der Waals surface area contributed by atoms with E-state index in [1.807, 2.05) is 11.3 Å². The van der Waals surface area contributed by atoms with E-state index in [0.29, 0.717) is 6.04 Å². The predicted molar refractivity (Wildman–Crippen MR) is 125 cm³/mol. The molecule has 2 aromatic heterocycles. The Labute approximate surface area is 185 Å². The zero-order chi connectivity index (χ0) is 21.2. The number of guanidine groups is 1. The summed E-state index contributed by atoms with van der Waals surface area (Å²) in [5.74, 6) is 2.76. The number of likely N-dealkylation sites (tertiary alicyclic amines) is 1. The van der Waals surface area contributed by atoms with E-state index in [2.05, 4.69) is 68.6 Å². The lowest BCUT2D eigenvalue weighted by molar-refractivity contribution is 0.143. The van der Waals surface area contributed by atoms with Crippen molar-refractivity contribution >= 4 is 17.3 Å². The Balaban J connectivity index is 1.62. The van der Waals surface area contributed by atoms with Crippen molar-refractivity contribution in [2.75, 3.05) is 32.7 Å². The van der Waals surface area contributed by atoms with Crippen LogP contribution in [0.2, 0.25) is 0 Å². The summed E-state index contributed by atoms with van der Waals surface area (Å²) in [4.78, 5) is 9.03. The Bertz CT molecular complexity index is 747. The van der Waals surface area contributed by atoms with Gasteiger partial charge in [-0.1, -0.05) is 26.8 Å². The number of aliphatic imine (C=N–C) groups is 1. The van der Waals surface area contributed by atoms with E-state index < -0.39 is 0 Å². The van der Waals surface area contributed by atoms with Gasteiger partial charge in [-0.05, 0) is 49.7 Å². The van der Waals surface area contributed by atoms with Crippen LogP contribution in [0.25, 0.3) is 0 Å². The lowest BCUT2D eigenvalue weighted by Gasteiger charge is -2.35. The molecule has 166 valence electrons. The van der Waals surface area contributed by atoms with Crippen molar-refractivity contribution in [3.63, 3.8) is 0 Å². The minimum atomic E-state index is 0.363. The van der Waals surface area contributed by atoms with E-state index in [0.717, 1.165) is 69.8 Å². The third-order valence-electron chi connectivity index (χ3n) is 5.75. The minimum Gasteiger partial charge on any atom is -0.356 e. The summed E-state index contributed by atoms with van der Waals surface area (Å²) in [5.41, 5.74) is 0. The highest BCUT2D eigenvalue weighted by Crippen LogP contribution is 2.29. The van der Waals surface area contributed by atoms with Crippen molar-refractivity contribution in [3.8, 4) is 0 Å². The SMILES string of the molecule is CCCNC(=NCC(c1cccs1)N1CCC(C)CC1)NCCn1cnnc1CC. The maximum absolute atomic E-state index is 4.99. The monoisotopic (exact) mass is 431 g/mol. The van der Waals surface area contributed by atoms with Crippen LogP contribution < -0.4 is 10.6 Å². The van der Waals surface area contributed by atoms with E-state index in [-0.39, 0.29) is 0 Å². The summed E-state index contributed by atoms with van der Waals surface area (Å²) in [7, 11) is 0. The van der Waals surface area contributed by atoms with Gasteiger partial charge < -0.3 is 15.2 Å². The molecule has 1 atom stereocenters. The third kappa shape index (κ3) is 6.54. The zero-order valence-corrected chi connectivity index (χ0v) is 19.5. The molecule has 0 saturated carbocycles.